The minimum Gasteiger partial charge on any atom is -0.462 e. The van der Waals surface area contributed by atoms with Crippen LogP contribution in [0, 0.1) is 5.92 Å². The highest BCUT2D eigenvalue weighted by atomic mass is 79.9. The molecule has 3 nitrogen and oxygen atoms in total. The van der Waals surface area contributed by atoms with Gasteiger partial charge in [-0.2, -0.15) is 0 Å². The number of hydrogen-bond acceptors (Lipinski definition) is 3. The summed E-state index contributed by atoms with van der Waals surface area (Å²) in [5.74, 6) is 0.0869. The van der Waals surface area contributed by atoms with E-state index in [4.69, 9.17) is 10.5 Å². The number of carbonyl (C=O) groups is 1. The van der Waals surface area contributed by atoms with E-state index in [1.807, 2.05) is 0 Å². The van der Waals surface area contributed by atoms with E-state index in [0.717, 1.165) is 17.3 Å². The number of hydrogen-bond donors (Lipinski definition) is 1. The minimum atomic E-state index is -0.313. The fourth-order valence-electron chi connectivity index (χ4n) is 1.55. The zero-order valence-corrected chi connectivity index (χ0v) is 11.8. The highest BCUT2D eigenvalue weighted by Crippen LogP contribution is 2.20. The molecule has 1 aromatic carbocycles. The molecule has 0 fully saturated rings. The predicted molar refractivity (Wildman–Crippen MR) is 72.9 cm³/mol. The molecule has 0 aliphatic heterocycles. The molecule has 0 saturated heterocycles. The quantitative estimate of drug-likeness (QED) is 0.667. The van der Waals surface area contributed by atoms with E-state index >= 15 is 0 Å². The molecule has 0 saturated carbocycles. The first-order valence-electron chi connectivity index (χ1n) is 5.76. The summed E-state index contributed by atoms with van der Waals surface area (Å²) in [4.78, 5) is 11.7. The van der Waals surface area contributed by atoms with Gasteiger partial charge in [0, 0.05) is 10.2 Å². The van der Waals surface area contributed by atoms with Gasteiger partial charge in [-0.3, -0.25) is 0 Å². The van der Waals surface area contributed by atoms with Crippen molar-refractivity contribution in [3.63, 3.8) is 0 Å². The SMILES string of the molecule is CCCC(C)COC(=O)c1ccc(Br)c(N)c1. The fourth-order valence-corrected chi connectivity index (χ4v) is 1.79. The van der Waals surface area contributed by atoms with Crippen LogP contribution >= 0.6 is 15.9 Å². The molecular weight excluding hydrogens is 282 g/mol. The maximum atomic E-state index is 11.7. The van der Waals surface area contributed by atoms with Gasteiger partial charge >= 0.3 is 5.97 Å². The summed E-state index contributed by atoms with van der Waals surface area (Å²) in [5, 5.41) is 0. The number of carbonyl (C=O) groups excluding carboxylic acids is 1. The van der Waals surface area contributed by atoms with Crippen molar-refractivity contribution in [3.05, 3.63) is 28.2 Å². The Morgan fingerprint density at radius 3 is 2.82 bits per heavy atom. The van der Waals surface area contributed by atoms with Crippen LogP contribution in [0.4, 0.5) is 5.69 Å². The zero-order chi connectivity index (χ0) is 12.8. The third-order valence-electron chi connectivity index (χ3n) is 2.51. The number of esters is 1. The Labute approximate surface area is 110 Å². The maximum Gasteiger partial charge on any atom is 0.338 e. The lowest BCUT2D eigenvalue weighted by Gasteiger charge is -2.11. The Bertz CT molecular complexity index is 393. The smallest absolute Gasteiger partial charge is 0.338 e. The first kappa shape index (κ1) is 14.0. The van der Waals surface area contributed by atoms with Crippen molar-refractivity contribution in [1.82, 2.24) is 0 Å². The molecule has 94 valence electrons. The van der Waals surface area contributed by atoms with Crippen LogP contribution in [-0.4, -0.2) is 12.6 Å². The van der Waals surface area contributed by atoms with Crippen molar-refractivity contribution in [2.75, 3.05) is 12.3 Å². The molecule has 0 heterocycles. The number of benzene rings is 1. The van der Waals surface area contributed by atoms with Crippen molar-refractivity contribution in [3.8, 4) is 0 Å². The van der Waals surface area contributed by atoms with E-state index in [-0.39, 0.29) is 5.97 Å². The Kier molecular flexibility index (Phi) is 5.48. The minimum absolute atomic E-state index is 0.313. The fraction of sp³-hybridized carbons (Fsp3) is 0.462. The molecule has 0 aliphatic rings. The summed E-state index contributed by atoms with van der Waals surface area (Å²) < 4.78 is 6.01. The van der Waals surface area contributed by atoms with Gasteiger partial charge < -0.3 is 10.5 Å². The Morgan fingerprint density at radius 2 is 2.24 bits per heavy atom. The molecular formula is C13H18BrNO2. The average Bonchev–Trinajstić information content (AvgIpc) is 2.30. The van der Waals surface area contributed by atoms with Crippen LogP contribution in [0.15, 0.2) is 22.7 Å². The predicted octanol–water partition coefficient (Wildman–Crippen LogP) is 3.62. The van der Waals surface area contributed by atoms with Crippen LogP contribution < -0.4 is 5.73 Å². The van der Waals surface area contributed by atoms with Gasteiger partial charge in [-0.25, -0.2) is 4.79 Å². The maximum absolute atomic E-state index is 11.7. The van der Waals surface area contributed by atoms with Gasteiger partial charge in [-0.1, -0.05) is 20.3 Å². The van der Waals surface area contributed by atoms with Gasteiger partial charge in [0.25, 0.3) is 0 Å². The van der Waals surface area contributed by atoms with E-state index in [2.05, 4.69) is 29.8 Å². The number of halogens is 1. The molecule has 0 aromatic heterocycles. The van der Waals surface area contributed by atoms with Crippen LogP contribution in [0.5, 0.6) is 0 Å². The monoisotopic (exact) mass is 299 g/mol. The van der Waals surface area contributed by atoms with E-state index in [9.17, 15) is 4.79 Å². The second kappa shape index (κ2) is 6.64. The number of ether oxygens (including phenoxy) is 1. The van der Waals surface area contributed by atoms with E-state index in [1.54, 1.807) is 18.2 Å². The van der Waals surface area contributed by atoms with Crippen molar-refractivity contribution in [1.29, 1.82) is 0 Å². The molecule has 0 radical (unpaired) electrons. The molecule has 1 unspecified atom stereocenters. The normalized spacial score (nSPS) is 12.2. The van der Waals surface area contributed by atoms with Gasteiger partial charge in [0.1, 0.15) is 0 Å². The van der Waals surface area contributed by atoms with Crippen LogP contribution in [0.3, 0.4) is 0 Å². The third kappa shape index (κ3) is 4.38. The summed E-state index contributed by atoms with van der Waals surface area (Å²) >= 11 is 3.28. The molecule has 0 aliphatic carbocycles. The summed E-state index contributed by atoms with van der Waals surface area (Å²) in [5.41, 5.74) is 6.74. The summed E-state index contributed by atoms with van der Waals surface area (Å²) in [6.07, 6.45) is 2.17. The zero-order valence-electron chi connectivity index (χ0n) is 10.2. The standard InChI is InChI=1S/C13H18BrNO2/c1-3-4-9(2)8-17-13(16)10-5-6-11(14)12(15)7-10/h5-7,9H,3-4,8,15H2,1-2H3. The van der Waals surface area contributed by atoms with Gasteiger partial charge in [0.2, 0.25) is 0 Å². The molecule has 0 amide bonds. The largest absolute Gasteiger partial charge is 0.462 e. The van der Waals surface area contributed by atoms with Gasteiger partial charge in [-0.05, 0) is 46.5 Å². The second-order valence-corrected chi connectivity index (χ2v) is 5.08. The number of nitrogen functional groups attached to an aromatic ring is 1. The molecule has 1 aromatic rings. The number of rotatable bonds is 5. The molecule has 0 spiro atoms. The summed E-state index contributed by atoms with van der Waals surface area (Å²) in [6.45, 7) is 4.66. The molecule has 0 bridgehead atoms. The average molecular weight is 300 g/mol. The molecule has 2 N–H and O–H groups in total. The molecule has 4 heteroatoms. The lowest BCUT2D eigenvalue weighted by Crippen LogP contribution is -2.12. The highest BCUT2D eigenvalue weighted by molar-refractivity contribution is 9.10. The Balaban J connectivity index is 2.55. The van der Waals surface area contributed by atoms with Crippen molar-refractivity contribution in [2.45, 2.75) is 26.7 Å². The van der Waals surface area contributed by atoms with Gasteiger partial charge in [0.05, 0.1) is 12.2 Å². The van der Waals surface area contributed by atoms with Crippen molar-refractivity contribution in [2.24, 2.45) is 5.92 Å². The topological polar surface area (TPSA) is 52.3 Å². The van der Waals surface area contributed by atoms with Crippen LogP contribution in [0.25, 0.3) is 0 Å². The van der Waals surface area contributed by atoms with Crippen molar-refractivity contribution >= 4 is 27.6 Å². The van der Waals surface area contributed by atoms with Crippen LogP contribution in [0.2, 0.25) is 0 Å². The van der Waals surface area contributed by atoms with Gasteiger partial charge in [0.15, 0.2) is 0 Å². The Morgan fingerprint density at radius 1 is 1.53 bits per heavy atom. The lowest BCUT2D eigenvalue weighted by molar-refractivity contribution is 0.0443. The summed E-state index contributed by atoms with van der Waals surface area (Å²) in [6, 6.07) is 5.07. The first-order chi connectivity index (χ1) is 8.04. The molecule has 1 rings (SSSR count). The van der Waals surface area contributed by atoms with Crippen molar-refractivity contribution < 1.29 is 9.53 Å². The van der Waals surface area contributed by atoms with E-state index < -0.39 is 0 Å². The third-order valence-corrected chi connectivity index (χ3v) is 3.23. The highest BCUT2D eigenvalue weighted by Gasteiger charge is 2.10. The van der Waals surface area contributed by atoms with Crippen LogP contribution in [-0.2, 0) is 4.74 Å². The lowest BCUT2D eigenvalue weighted by atomic mass is 10.1. The number of nitrogens with two attached hydrogens (primary N) is 1. The Hall–Kier alpha value is -1.03. The number of anilines is 1. The van der Waals surface area contributed by atoms with E-state index in [1.165, 1.54) is 0 Å². The molecule has 1 atom stereocenters. The molecule has 17 heavy (non-hydrogen) atoms. The van der Waals surface area contributed by atoms with Gasteiger partial charge in [-0.15, -0.1) is 0 Å². The first-order valence-corrected chi connectivity index (χ1v) is 6.56. The van der Waals surface area contributed by atoms with E-state index in [0.29, 0.717) is 23.8 Å². The summed E-state index contributed by atoms with van der Waals surface area (Å²) in [7, 11) is 0. The van der Waals surface area contributed by atoms with Crippen LogP contribution in [0.1, 0.15) is 37.0 Å². The second-order valence-electron chi connectivity index (χ2n) is 4.23.